The van der Waals surface area contributed by atoms with Gasteiger partial charge in [-0.3, -0.25) is 4.68 Å². The Morgan fingerprint density at radius 1 is 1.38 bits per heavy atom. The van der Waals surface area contributed by atoms with E-state index in [0.717, 1.165) is 16.9 Å². The second kappa shape index (κ2) is 9.43. The van der Waals surface area contributed by atoms with Gasteiger partial charge in [-0.2, -0.15) is 15.3 Å². The number of aromatic nitrogens is 4. The van der Waals surface area contributed by atoms with Gasteiger partial charge in [0.1, 0.15) is 5.82 Å². The van der Waals surface area contributed by atoms with Crippen LogP contribution < -0.4 is 10.6 Å². The second-order valence-electron chi connectivity index (χ2n) is 6.27. The van der Waals surface area contributed by atoms with Gasteiger partial charge >= 0.3 is 0 Å². The van der Waals surface area contributed by atoms with Gasteiger partial charge in [-0.25, -0.2) is 4.98 Å². The predicted octanol–water partition coefficient (Wildman–Crippen LogP) is 3.10. The molecule has 9 nitrogen and oxygen atoms in total. The van der Waals surface area contributed by atoms with Gasteiger partial charge < -0.3 is 20.8 Å². The SMILES string of the molecule is COCCn1cc(Nc2ncc(C=N)c(NCc3ccccc3C#N)n2)c(C)n1.[HH]. The Labute approximate surface area is 170 Å². The fourth-order valence-electron chi connectivity index (χ4n) is 2.72. The lowest BCUT2D eigenvalue weighted by Crippen LogP contribution is -2.08. The van der Waals surface area contributed by atoms with E-state index in [-0.39, 0.29) is 1.43 Å². The van der Waals surface area contributed by atoms with Crippen LogP contribution in [0.5, 0.6) is 0 Å². The average Bonchev–Trinajstić information content (AvgIpc) is 3.10. The highest BCUT2D eigenvalue weighted by atomic mass is 16.5. The van der Waals surface area contributed by atoms with Gasteiger partial charge in [0.2, 0.25) is 5.95 Å². The van der Waals surface area contributed by atoms with Crippen molar-refractivity contribution in [3.05, 3.63) is 59.0 Å². The molecule has 0 aliphatic heterocycles. The van der Waals surface area contributed by atoms with E-state index < -0.39 is 0 Å². The molecule has 2 heterocycles. The number of aryl methyl sites for hydroxylation is 1. The van der Waals surface area contributed by atoms with Crippen LogP contribution >= 0.6 is 0 Å². The molecule has 3 N–H and O–H groups in total. The van der Waals surface area contributed by atoms with Crippen molar-refractivity contribution in [2.45, 2.75) is 20.0 Å². The van der Waals surface area contributed by atoms with Gasteiger partial charge in [-0.15, -0.1) is 0 Å². The lowest BCUT2D eigenvalue weighted by molar-refractivity contribution is 0.183. The van der Waals surface area contributed by atoms with Crippen molar-refractivity contribution in [2.24, 2.45) is 0 Å². The summed E-state index contributed by atoms with van der Waals surface area (Å²) in [5.74, 6) is 0.899. The molecule has 9 heteroatoms. The largest absolute Gasteiger partial charge is 0.383 e. The minimum absolute atomic E-state index is 0. The first kappa shape index (κ1) is 20.0. The highest BCUT2D eigenvalue weighted by Crippen LogP contribution is 2.20. The van der Waals surface area contributed by atoms with Gasteiger partial charge in [-0.1, -0.05) is 18.2 Å². The molecule has 0 bridgehead atoms. The van der Waals surface area contributed by atoms with E-state index in [4.69, 9.17) is 10.1 Å². The third-order valence-electron chi connectivity index (χ3n) is 4.27. The molecular formula is C20H24N8O. The van der Waals surface area contributed by atoms with Crippen LogP contribution in [0.1, 0.15) is 23.8 Å². The lowest BCUT2D eigenvalue weighted by Gasteiger charge is -2.11. The number of anilines is 3. The van der Waals surface area contributed by atoms with Crippen LogP contribution in [-0.4, -0.2) is 39.7 Å². The monoisotopic (exact) mass is 392 g/mol. The van der Waals surface area contributed by atoms with E-state index >= 15 is 0 Å². The van der Waals surface area contributed by atoms with Crippen LogP contribution in [0.4, 0.5) is 17.5 Å². The molecular weight excluding hydrogens is 368 g/mol. The van der Waals surface area contributed by atoms with Crippen molar-refractivity contribution in [1.82, 2.24) is 19.7 Å². The summed E-state index contributed by atoms with van der Waals surface area (Å²) in [5.41, 5.74) is 3.62. The minimum atomic E-state index is 0. The predicted molar refractivity (Wildman–Crippen MR) is 113 cm³/mol. The van der Waals surface area contributed by atoms with E-state index in [1.807, 2.05) is 31.3 Å². The molecule has 0 atom stereocenters. The standard InChI is InChI=1S/C20H22N8O.H2/c1-14-18(13-28(27-14)7-8-29-2)25-20-24-12-17(10-22)19(26-20)23-11-16-6-4-3-5-15(16)9-21;/h3-6,10,12-13,22H,7-8,11H2,1-2H3,(H2,23,24,25,26);1H. The van der Waals surface area contributed by atoms with Crippen molar-refractivity contribution in [3.63, 3.8) is 0 Å². The first-order valence-electron chi connectivity index (χ1n) is 9.04. The highest BCUT2D eigenvalue weighted by molar-refractivity contribution is 5.84. The fraction of sp³-hybridized carbons (Fsp3) is 0.250. The lowest BCUT2D eigenvalue weighted by atomic mass is 10.1. The van der Waals surface area contributed by atoms with E-state index in [1.165, 1.54) is 6.21 Å². The van der Waals surface area contributed by atoms with E-state index in [1.54, 1.807) is 24.1 Å². The molecule has 0 saturated carbocycles. The van der Waals surface area contributed by atoms with E-state index in [9.17, 15) is 5.26 Å². The van der Waals surface area contributed by atoms with Crippen LogP contribution in [0.3, 0.4) is 0 Å². The number of nitrogens with one attached hydrogen (secondary N) is 3. The Kier molecular flexibility index (Phi) is 6.50. The zero-order chi connectivity index (χ0) is 20.6. The summed E-state index contributed by atoms with van der Waals surface area (Å²) in [4.78, 5) is 8.77. The third-order valence-corrected chi connectivity index (χ3v) is 4.27. The Morgan fingerprint density at radius 2 is 2.21 bits per heavy atom. The third kappa shape index (κ3) is 4.94. The molecule has 2 aromatic heterocycles. The maximum Gasteiger partial charge on any atom is 0.229 e. The van der Waals surface area contributed by atoms with Crippen molar-refractivity contribution >= 4 is 23.7 Å². The summed E-state index contributed by atoms with van der Waals surface area (Å²) in [6.45, 7) is 3.53. The van der Waals surface area contributed by atoms with Crippen LogP contribution in [0.2, 0.25) is 0 Å². The van der Waals surface area contributed by atoms with Crippen molar-refractivity contribution in [1.29, 1.82) is 10.7 Å². The number of hydrogen-bond donors (Lipinski definition) is 3. The zero-order valence-corrected chi connectivity index (χ0v) is 16.3. The molecule has 29 heavy (non-hydrogen) atoms. The normalized spacial score (nSPS) is 10.4. The molecule has 0 fully saturated rings. The summed E-state index contributed by atoms with van der Waals surface area (Å²) in [6.07, 6.45) is 4.64. The number of benzene rings is 1. The summed E-state index contributed by atoms with van der Waals surface area (Å²) < 4.78 is 6.88. The highest BCUT2D eigenvalue weighted by Gasteiger charge is 2.10. The Bertz CT molecular complexity index is 1040. The fourth-order valence-corrected chi connectivity index (χ4v) is 2.72. The molecule has 0 spiro atoms. The summed E-state index contributed by atoms with van der Waals surface area (Å²) in [6, 6.07) is 9.54. The number of hydrogen-bond acceptors (Lipinski definition) is 8. The topological polar surface area (TPSA) is 125 Å². The maximum absolute atomic E-state index is 9.24. The quantitative estimate of drug-likeness (QED) is 0.478. The molecule has 0 amide bonds. The molecule has 1 aromatic carbocycles. The van der Waals surface area contributed by atoms with Crippen molar-refractivity contribution in [3.8, 4) is 6.07 Å². The van der Waals surface area contributed by atoms with Crippen LogP contribution in [0.15, 0.2) is 36.7 Å². The molecule has 0 unspecified atom stereocenters. The zero-order valence-electron chi connectivity index (χ0n) is 16.3. The van der Waals surface area contributed by atoms with Gasteiger partial charge in [0.05, 0.1) is 41.7 Å². The smallest absolute Gasteiger partial charge is 0.229 e. The average molecular weight is 392 g/mol. The molecule has 3 rings (SSSR count). The van der Waals surface area contributed by atoms with Crippen LogP contribution in [-0.2, 0) is 17.8 Å². The first-order chi connectivity index (χ1) is 14.1. The molecule has 0 aliphatic rings. The molecule has 150 valence electrons. The number of ether oxygens (including phenoxy) is 1. The van der Waals surface area contributed by atoms with Gasteiger partial charge in [0.25, 0.3) is 0 Å². The second-order valence-corrected chi connectivity index (χ2v) is 6.27. The van der Waals surface area contributed by atoms with Crippen molar-refractivity contribution in [2.75, 3.05) is 24.4 Å². The molecule has 0 radical (unpaired) electrons. The minimum Gasteiger partial charge on any atom is -0.383 e. The molecule has 3 aromatic rings. The Morgan fingerprint density at radius 3 is 2.97 bits per heavy atom. The number of methoxy groups -OCH3 is 1. The van der Waals surface area contributed by atoms with Crippen molar-refractivity contribution < 1.29 is 6.16 Å². The molecule has 0 aliphatic carbocycles. The Balaban J connectivity index is 0.00000320. The maximum atomic E-state index is 9.24. The Hall–Kier alpha value is -3.77. The van der Waals surface area contributed by atoms with Crippen LogP contribution in [0, 0.1) is 23.7 Å². The van der Waals surface area contributed by atoms with Gasteiger partial charge in [-0.05, 0) is 18.6 Å². The first-order valence-corrected chi connectivity index (χ1v) is 9.04. The summed E-state index contributed by atoms with van der Waals surface area (Å²) in [5, 5.41) is 27.6. The number of nitrogens with zero attached hydrogens (tertiary/aromatic N) is 5. The summed E-state index contributed by atoms with van der Waals surface area (Å²) >= 11 is 0. The van der Waals surface area contributed by atoms with Gasteiger partial charge in [0.15, 0.2) is 0 Å². The number of rotatable bonds is 9. The van der Waals surface area contributed by atoms with Crippen LogP contribution in [0.25, 0.3) is 0 Å². The summed E-state index contributed by atoms with van der Waals surface area (Å²) in [7, 11) is 1.65. The van der Waals surface area contributed by atoms with Gasteiger partial charge in [0, 0.05) is 33.7 Å². The van der Waals surface area contributed by atoms with E-state index in [2.05, 4.69) is 31.8 Å². The number of nitriles is 1. The molecule has 0 saturated heterocycles. The van der Waals surface area contributed by atoms with E-state index in [0.29, 0.717) is 42.6 Å².